The molecule has 1 unspecified atom stereocenters. The van der Waals surface area contributed by atoms with Crippen molar-refractivity contribution in [2.24, 2.45) is 0 Å². The molecule has 1 rings (SSSR count). The Morgan fingerprint density at radius 3 is 2.86 bits per heavy atom. The van der Waals surface area contributed by atoms with Crippen molar-refractivity contribution in [3.8, 4) is 0 Å². The third-order valence-corrected chi connectivity index (χ3v) is 2.31. The van der Waals surface area contributed by atoms with Crippen LogP contribution in [0.5, 0.6) is 0 Å². The summed E-state index contributed by atoms with van der Waals surface area (Å²) in [5.74, 6) is 0. The summed E-state index contributed by atoms with van der Waals surface area (Å²) in [6, 6.07) is 0. The Morgan fingerprint density at radius 1 is 1.21 bits per heavy atom. The zero-order valence-corrected chi connectivity index (χ0v) is 9.17. The molecule has 1 aliphatic rings. The first-order chi connectivity index (χ1) is 6.93. The number of rotatable bonds is 7. The van der Waals surface area contributed by atoms with Crippen LogP contribution in [0.25, 0.3) is 0 Å². The van der Waals surface area contributed by atoms with Gasteiger partial charge in [-0.1, -0.05) is 13.3 Å². The predicted octanol–water partition coefficient (Wildman–Crippen LogP) is 2.35. The molecule has 0 bridgehead atoms. The van der Waals surface area contributed by atoms with E-state index in [0.717, 1.165) is 26.1 Å². The van der Waals surface area contributed by atoms with E-state index in [1.54, 1.807) is 0 Å². The van der Waals surface area contributed by atoms with Gasteiger partial charge in [0.15, 0.2) is 6.29 Å². The zero-order chi connectivity index (χ0) is 10.1. The molecule has 0 radical (unpaired) electrons. The van der Waals surface area contributed by atoms with E-state index in [9.17, 15) is 0 Å². The van der Waals surface area contributed by atoms with Crippen molar-refractivity contribution in [1.29, 1.82) is 0 Å². The molecular weight excluding hydrogens is 180 g/mol. The fraction of sp³-hybridized carbons (Fsp3) is 1.00. The van der Waals surface area contributed by atoms with Crippen molar-refractivity contribution >= 4 is 0 Å². The lowest BCUT2D eigenvalue weighted by molar-refractivity contribution is -0.169. The maximum Gasteiger partial charge on any atom is 0.157 e. The van der Waals surface area contributed by atoms with Crippen LogP contribution in [0.4, 0.5) is 0 Å². The molecule has 0 spiro atoms. The number of unbranched alkanes of at least 4 members (excludes halogenated alkanes) is 1. The van der Waals surface area contributed by atoms with Gasteiger partial charge in [-0.05, 0) is 25.7 Å². The Hall–Kier alpha value is -0.120. The number of hydrogen-bond acceptors (Lipinski definition) is 3. The molecule has 1 aliphatic heterocycles. The molecule has 1 saturated heterocycles. The van der Waals surface area contributed by atoms with Crippen LogP contribution < -0.4 is 0 Å². The maximum absolute atomic E-state index is 5.52. The molecule has 0 saturated carbocycles. The fourth-order valence-electron chi connectivity index (χ4n) is 1.43. The lowest BCUT2D eigenvalue weighted by Crippen LogP contribution is -2.23. The van der Waals surface area contributed by atoms with Crippen molar-refractivity contribution < 1.29 is 14.2 Å². The van der Waals surface area contributed by atoms with Crippen LogP contribution in [-0.2, 0) is 14.2 Å². The van der Waals surface area contributed by atoms with Gasteiger partial charge < -0.3 is 14.2 Å². The van der Waals surface area contributed by atoms with Crippen LogP contribution >= 0.6 is 0 Å². The van der Waals surface area contributed by atoms with Gasteiger partial charge in [-0.3, -0.25) is 0 Å². The first-order valence-electron chi connectivity index (χ1n) is 5.74. The molecule has 3 nitrogen and oxygen atoms in total. The van der Waals surface area contributed by atoms with Gasteiger partial charge in [0.2, 0.25) is 0 Å². The molecule has 14 heavy (non-hydrogen) atoms. The first-order valence-corrected chi connectivity index (χ1v) is 5.74. The summed E-state index contributed by atoms with van der Waals surface area (Å²) in [5.41, 5.74) is 0. The topological polar surface area (TPSA) is 27.7 Å². The van der Waals surface area contributed by atoms with Gasteiger partial charge in [-0.2, -0.15) is 0 Å². The molecule has 0 aromatic carbocycles. The molecule has 0 aromatic rings. The van der Waals surface area contributed by atoms with E-state index >= 15 is 0 Å². The lowest BCUT2D eigenvalue weighted by atomic mass is 10.2. The Labute approximate surface area is 86.7 Å². The second-order valence-corrected chi connectivity index (χ2v) is 3.63. The van der Waals surface area contributed by atoms with E-state index in [4.69, 9.17) is 14.2 Å². The predicted molar refractivity (Wildman–Crippen MR) is 55.3 cm³/mol. The minimum Gasteiger partial charge on any atom is -0.379 e. The summed E-state index contributed by atoms with van der Waals surface area (Å²) < 4.78 is 16.3. The third kappa shape index (κ3) is 5.58. The van der Waals surface area contributed by atoms with Crippen LogP contribution in [0, 0.1) is 0 Å². The molecule has 1 fully saturated rings. The van der Waals surface area contributed by atoms with Crippen LogP contribution in [0.3, 0.4) is 0 Å². The average molecular weight is 202 g/mol. The highest BCUT2D eigenvalue weighted by molar-refractivity contribution is 4.53. The van der Waals surface area contributed by atoms with Crippen LogP contribution in [0.1, 0.15) is 39.0 Å². The summed E-state index contributed by atoms with van der Waals surface area (Å²) in [6.45, 7) is 5.22. The monoisotopic (exact) mass is 202 g/mol. The molecular formula is C11H22O3. The quantitative estimate of drug-likeness (QED) is 0.593. The molecule has 84 valence electrons. The van der Waals surface area contributed by atoms with E-state index in [1.165, 1.54) is 19.3 Å². The standard InChI is InChI=1S/C11H22O3/c1-2-3-7-12-9-10-14-11-6-4-5-8-13-11/h11H,2-10H2,1H3. The smallest absolute Gasteiger partial charge is 0.157 e. The lowest BCUT2D eigenvalue weighted by Gasteiger charge is -2.22. The molecule has 3 heteroatoms. The van der Waals surface area contributed by atoms with Gasteiger partial charge in [0.05, 0.1) is 13.2 Å². The van der Waals surface area contributed by atoms with E-state index in [2.05, 4.69) is 6.92 Å². The molecule has 0 aliphatic carbocycles. The van der Waals surface area contributed by atoms with Crippen LogP contribution in [0.2, 0.25) is 0 Å². The Morgan fingerprint density at radius 2 is 2.14 bits per heavy atom. The molecule has 1 atom stereocenters. The minimum atomic E-state index is 0.0264. The summed E-state index contributed by atoms with van der Waals surface area (Å²) >= 11 is 0. The van der Waals surface area contributed by atoms with Gasteiger partial charge in [0, 0.05) is 13.2 Å². The van der Waals surface area contributed by atoms with E-state index in [-0.39, 0.29) is 6.29 Å². The highest BCUT2D eigenvalue weighted by Gasteiger charge is 2.13. The number of hydrogen-bond donors (Lipinski definition) is 0. The SMILES string of the molecule is CCCCOCCOC1CCCCO1. The van der Waals surface area contributed by atoms with Crippen molar-refractivity contribution in [3.05, 3.63) is 0 Å². The van der Waals surface area contributed by atoms with E-state index < -0.39 is 0 Å². The van der Waals surface area contributed by atoms with E-state index in [0.29, 0.717) is 13.2 Å². The average Bonchev–Trinajstić information content (AvgIpc) is 2.25. The minimum absolute atomic E-state index is 0.0264. The summed E-state index contributed by atoms with van der Waals surface area (Å²) in [7, 11) is 0. The highest BCUT2D eigenvalue weighted by atomic mass is 16.7. The summed E-state index contributed by atoms with van der Waals surface area (Å²) in [4.78, 5) is 0. The first kappa shape index (κ1) is 12.0. The Balaban J connectivity index is 1.82. The highest BCUT2D eigenvalue weighted by Crippen LogP contribution is 2.13. The molecule has 0 amide bonds. The molecule has 1 heterocycles. The van der Waals surface area contributed by atoms with Gasteiger partial charge >= 0.3 is 0 Å². The van der Waals surface area contributed by atoms with E-state index in [1.807, 2.05) is 0 Å². The van der Waals surface area contributed by atoms with Crippen molar-refractivity contribution in [3.63, 3.8) is 0 Å². The second kappa shape index (κ2) is 8.21. The van der Waals surface area contributed by atoms with Gasteiger partial charge in [0.1, 0.15) is 0 Å². The fourth-order valence-corrected chi connectivity index (χ4v) is 1.43. The largest absolute Gasteiger partial charge is 0.379 e. The summed E-state index contributed by atoms with van der Waals surface area (Å²) in [5, 5.41) is 0. The molecule has 0 N–H and O–H groups in total. The summed E-state index contributed by atoms with van der Waals surface area (Å²) in [6.07, 6.45) is 5.79. The van der Waals surface area contributed by atoms with Crippen molar-refractivity contribution in [2.45, 2.75) is 45.3 Å². The van der Waals surface area contributed by atoms with Crippen LogP contribution in [-0.4, -0.2) is 32.7 Å². The maximum atomic E-state index is 5.52. The van der Waals surface area contributed by atoms with Gasteiger partial charge in [0.25, 0.3) is 0 Å². The van der Waals surface area contributed by atoms with Gasteiger partial charge in [-0.25, -0.2) is 0 Å². The van der Waals surface area contributed by atoms with Crippen molar-refractivity contribution in [2.75, 3.05) is 26.4 Å². The zero-order valence-electron chi connectivity index (χ0n) is 9.17. The Kier molecular flexibility index (Phi) is 7.01. The normalized spacial score (nSPS) is 22.5. The third-order valence-electron chi connectivity index (χ3n) is 2.31. The van der Waals surface area contributed by atoms with Gasteiger partial charge in [-0.15, -0.1) is 0 Å². The Bertz CT molecular complexity index is 122. The molecule has 0 aromatic heterocycles. The second-order valence-electron chi connectivity index (χ2n) is 3.63. The number of ether oxygens (including phenoxy) is 3. The van der Waals surface area contributed by atoms with Crippen molar-refractivity contribution in [1.82, 2.24) is 0 Å². The van der Waals surface area contributed by atoms with Crippen LogP contribution in [0.15, 0.2) is 0 Å².